The molecule has 5 nitrogen and oxygen atoms in total. The highest BCUT2D eigenvalue weighted by Crippen LogP contribution is 2.32. The lowest BCUT2D eigenvalue weighted by atomic mass is 10.0. The molecule has 0 bridgehead atoms. The van der Waals surface area contributed by atoms with E-state index in [0.717, 1.165) is 41.2 Å². The zero-order valence-electron chi connectivity index (χ0n) is 16.0. The number of aliphatic imine (C=N–C) groups is 1. The maximum atomic E-state index is 13.3. The number of carbonyl (C=O) groups is 1. The predicted molar refractivity (Wildman–Crippen MR) is 114 cm³/mol. The summed E-state index contributed by atoms with van der Waals surface area (Å²) in [6.45, 7) is 2.80. The van der Waals surface area contributed by atoms with Crippen LogP contribution in [0.5, 0.6) is 0 Å². The molecular weight excluding hydrogens is 367 g/mol. The molecule has 29 heavy (non-hydrogen) atoms. The van der Waals surface area contributed by atoms with Crippen molar-refractivity contribution < 1.29 is 9.18 Å². The topological polar surface area (TPSA) is 66.4 Å². The molecule has 3 aromatic rings. The Morgan fingerprint density at radius 3 is 2.90 bits per heavy atom. The molecule has 0 saturated heterocycles. The highest BCUT2D eigenvalue weighted by molar-refractivity contribution is 6.12. The first kappa shape index (κ1) is 18.8. The van der Waals surface area contributed by atoms with Crippen LogP contribution in [0.15, 0.2) is 65.8 Å². The van der Waals surface area contributed by atoms with Crippen LogP contribution in [-0.4, -0.2) is 23.7 Å². The Hall–Kier alpha value is -3.54. The summed E-state index contributed by atoms with van der Waals surface area (Å²) in [6, 6.07) is 16.1. The second-order valence-electron chi connectivity index (χ2n) is 6.97. The molecule has 1 aliphatic rings. The Morgan fingerprint density at radius 1 is 1.21 bits per heavy atom. The third-order valence-corrected chi connectivity index (χ3v) is 4.90. The van der Waals surface area contributed by atoms with E-state index in [9.17, 15) is 9.18 Å². The number of benzene rings is 2. The number of aryl methyl sites for hydroxylation is 1. The molecule has 2 aromatic carbocycles. The van der Waals surface area contributed by atoms with Crippen molar-refractivity contribution in [2.75, 3.05) is 17.2 Å². The quantitative estimate of drug-likeness (QED) is 0.606. The van der Waals surface area contributed by atoms with E-state index in [0.29, 0.717) is 5.69 Å². The molecule has 1 aromatic heterocycles. The minimum atomic E-state index is -0.512. The number of rotatable bonds is 6. The van der Waals surface area contributed by atoms with E-state index in [1.807, 2.05) is 43.3 Å². The van der Waals surface area contributed by atoms with Crippen molar-refractivity contribution in [1.82, 2.24) is 4.98 Å². The van der Waals surface area contributed by atoms with Gasteiger partial charge in [0.15, 0.2) is 0 Å². The number of fused-ring (bicyclic) bond motifs is 1. The van der Waals surface area contributed by atoms with Gasteiger partial charge in [-0.15, -0.1) is 0 Å². The van der Waals surface area contributed by atoms with Crippen molar-refractivity contribution in [3.05, 3.63) is 83.4 Å². The minimum Gasteiger partial charge on any atom is -0.384 e. The van der Waals surface area contributed by atoms with Gasteiger partial charge in [0.05, 0.1) is 5.69 Å². The van der Waals surface area contributed by atoms with Crippen LogP contribution in [0, 0.1) is 12.7 Å². The summed E-state index contributed by atoms with van der Waals surface area (Å²) < 4.78 is 13.3. The van der Waals surface area contributed by atoms with E-state index >= 15 is 0 Å². The number of amides is 1. The van der Waals surface area contributed by atoms with Crippen molar-refractivity contribution >= 4 is 29.2 Å². The van der Waals surface area contributed by atoms with Gasteiger partial charge in [-0.25, -0.2) is 4.39 Å². The maximum absolute atomic E-state index is 13.3. The molecule has 2 heterocycles. The van der Waals surface area contributed by atoms with Gasteiger partial charge in [-0.05, 0) is 60.5 Å². The molecule has 4 rings (SSSR count). The summed E-state index contributed by atoms with van der Waals surface area (Å²) in [5.41, 5.74) is 5.17. The lowest BCUT2D eigenvalue weighted by molar-refractivity contribution is -0.115. The smallest absolute Gasteiger partial charge is 0.237 e. The lowest BCUT2D eigenvalue weighted by Gasteiger charge is -2.10. The number of nitrogens with one attached hydrogen (secondary N) is 2. The van der Waals surface area contributed by atoms with Crippen LogP contribution in [0.25, 0.3) is 0 Å². The standard InChI is InChI=1S/C23H21FN4O/c1-15-12-18(6-8-21(15)26-11-9-17-4-2-3-10-25-17)27-14-20-19-7-5-16(24)13-22(19)28-23(20)29/h2-8,10,12-14,20,26H,9,11H2,1H3,(H,28,29). The molecule has 0 fully saturated rings. The van der Waals surface area contributed by atoms with E-state index in [-0.39, 0.29) is 11.7 Å². The van der Waals surface area contributed by atoms with Crippen LogP contribution in [0.2, 0.25) is 0 Å². The molecule has 0 saturated carbocycles. The fourth-order valence-electron chi connectivity index (χ4n) is 3.37. The van der Waals surface area contributed by atoms with Gasteiger partial charge in [0.2, 0.25) is 5.91 Å². The van der Waals surface area contributed by atoms with Crippen molar-refractivity contribution in [2.45, 2.75) is 19.3 Å². The molecular formula is C23H21FN4O. The number of hydrogen-bond donors (Lipinski definition) is 2. The Morgan fingerprint density at radius 2 is 2.10 bits per heavy atom. The first-order chi connectivity index (χ1) is 14.1. The molecule has 6 heteroatoms. The van der Waals surface area contributed by atoms with E-state index in [1.165, 1.54) is 12.1 Å². The Kier molecular flexibility index (Phi) is 5.33. The summed E-state index contributed by atoms with van der Waals surface area (Å²) in [4.78, 5) is 21.0. The SMILES string of the molecule is Cc1cc(N=CC2C(=O)Nc3cc(F)ccc32)ccc1NCCc1ccccn1. The summed E-state index contributed by atoms with van der Waals surface area (Å²) in [5, 5.41) is 6.12. The molecule has 146 valence electrons. The van der Waals surface area contributed by atoms with Crippen molar-refractivity contribution in [2.24, 2.45) is 4.99 Å². The van der Waals surface area contributed by atoms with Crippen LogP contribution in [0.3, 0.4) is 0 Å². The van der Waals surface area contributed by atoms with Gasteiger partial charge in [0, 0.05) is 42.4 Å². The third kappa shape index (κ3) is 4.32. The summed E-state index contributed by atoms with van der Waals surface area (Å²) in [7, 11) is 0. The van der Waals surface area contributed by atoms with E-state index in [2.05, 4.69) is 20.6 Å². The van der Waals surface area contributed by atoms with E-state index < -0.39 is 5.92 Å². The second kappa shape index (κ2) is 8.22. The molecule has 2 N–H and O–H groups in total. The highest BCUT2D eigenvalue weighted by Gasteiger charge is 2.29. The van der Waals surface area contributed by atoms with Gasteiger partial charge in [-0.2, -0.15) is 0 Å². The first-order valence-electron chi connectivity index (χ1n) is 9.49. The number of halogens is 1. The molecule has 1 atom stereocenters. The number of pyridine rings is 1. The molecule has 1 unspecified atom stereocenters. The van der Waals surface area contributed by atoms with Crippen LogP contribution < -0.4 is 10.6 Å². The monoisotopic (exact) mass is 388 g/mol. The van der Waals surface area contributed by atoms with E-state index in [1.54, 1.807) is 18.5 Å². The number of carbonyl (C=O) groups excluding carboxylic acids is 1. The molecule has 0 radical (unpaired) electrons. The number of hydrogen-bond acceptors (Lipinski definition) is 4. The van der Waals surface area contributed by atoms with Gasteiger partial charge < -0.3 is 10.6 Å². The van der Waals surface area contributed by atoms with Crippen LogP contribution >= 0.6 is 0 Å². The predicted octanol–water partition coefficient (Wildman–Crippen LogP) is 4.62. The first-order valence-corrected chi connectivity index (χ1v) is 9.49. The number of aromatic nitrogens is 1. The lowest BCUT2D eigenvalue weighted by Crippen LogP contribution is -2.12. The zero-order chi connectivity index (χ0) is 20.2. The zero-order valence-corrected chi connectivity index (χ0v) is 16.0. The maximum Gasteiger partial charge on any atom is 0.237 e. The van der Waals surface area contributed by atoms with Crippen LogP contribution in [0.1, 0.15) is 22.7 Å². The molecule has 0 aliphatic carbocycles. The normalized spacial score (nSPS) is 15.4. The Bertz CT molecular complexity index is 1070. The van der Waals surface area contributed by atoms with Crippen molar-refractivity contribution in [3.8, 4) is 0 Å². The fourth-order valence-corrected chi connectivity index (χ4v) is 3.37. The third-order valence-electron chi connectivity index (χ3n) is 4.90. The average molecular weight is 388 g/mol. The van der Waals surface area contributed by atoms with Gasteiger partial charge >= 0.3 is 0 Å². The van der Waals surface area contributed by atoms with Gasteiger partial charge in [0.1, 0.15) is 11.7 Å². The summed E-state index contributed by atoms with van der Waals surface area (Å²) in [5.74, 6) is -1.08. The molecule has 0 spiro atoms. The average Bonchev–Trinajstić information content (AvgIpc) is 3.02. The van der Waals surface area contributed by atoms with Crippen LogP contribution in [0.4, 0.5) is 21.5 Å². The fraction of sp³-hybridized carbons (Fsp3) is 0.174. The largest absolute Gasteiger partial charge is 0.384 e. The Balaban J connectivity index is 1.41. The Labute approximate surface area is 168 Å². The van der Waals surface area contributed by atoms with Gasteiger partial charge in [-0.3, -0.25) is 14.8 Å². The van der Waals surface area contributed by atoms with Crippen molar-refractivity contribution in [1.29, 1.82) is 0 Å². The number of anilines is 2. The molecule has 1 aliphatic heterocycles. The van der Waals surface area contributed by atoms with Crippen molar-refractivity contribution in [3.63, 3.8) is 0 Å². The van der Waals surface area contributed by atoms with Crippen LogP contribution in [-0.2, 0) is 11.2 Å². The second-order valence-corrected chi connectivity index (χ2v) is 6.97. The number of nitrogens with zero attached hydrogens (tertiary/aromatic N) is 2. The van der Waals surface area contributed by atoms with Gasteiger partial charge in [0.25, 0.3) is 0 Å². The minimum absolute atomic E-state index is 0.195. The van der Waals surface area contributed by atoms with E-state index in [4.69, 9.17) is 0 Å². The summed E-state index contributed by atoms with van der Waals surface area (Å²) in [6.07, 6.45) is 4.26. The molecule has 1 amide bonds. The van der Waals surface area contributed by atoms with Gasteiger partial charge in [-0.1, -0.05) is 12.1 Å². The highest BCUT2D eigenvalue weighted by atomic mass is 19.1. The summed E-state index contributed by atoms with van der Waals surface area (Å²) >= 11 is 0.